The number of nitrogens with two attached hydrogens (primary N) is 1. The van der Waals surface area contributed by atoms with E-state index in [1.807, 2.05) is 27.7 Å². The van der Waals surface area contributed by atoms with Crippen molar-refractivity contribution in [3.63, 3.8) is 0 Å². The van der Waals surface area contributed by atoms with Crippen LogP contribution in [0.3, 0.4) is 0 Å². The van der Waals surface area contributed by atoms with Crippen molar-refractivity contribution in [1.29, 1.82) is 0 Å². The average molecular weight is 398 g/mol. The SMILES string of the molecule is CC(=O)NCC(=Cc1ccc(S(N)(=O)=O)cc1F)B1OC(C)(C)C(C)(C)O1. The van der Waals surface area contributed by atoms with E-state index in [9.17, 15) is 17.6 Å². The van der Waals surface area contributed by atoms with Gasteiger partial charge in [0, 0.05) is 19.0 Å². The van der Waals surface area contributed by atoms with Crippen LogP contribution in [0, 0.1) is 5.82 Å². The van der Waals surface area contributed by atoms with E-state index >= 15 is 0 Å². The molecule has 1 heterocycles. The molecular weight excluding hydrogens is 374 g/mol. The molecule has 0 aliphatic carbocycles. The van der Waals surface area contributed by atoms with Gasteiger partial charge in [-0.3, -0.25) is 4.79 Å². The first-order valence-electron chi connectivity index (χ1n) is 8.36. The lowest BCUT2D eigenvalue weighted by molar-refractivity contribution is -0.118. The maximum absolute atomic E-state index is 14.4. The molecule has 0 unspecified atom stereocenters. The van der Waals surface area contributed by atoms with Crippen molar-refractivity contribution in [2.75, 3.05) is 6.54 Å². The Balaban J connectivity index is 2.41. The van der Waals surface area contributed by atoms with Crippen LogP contribution < -0.4 is 10.5 Å². The second kappa shape index (κ2) is 7.35. The quantitative estimate of drug-likeness (QED) is 0.733. The number of sulfonamides is 1. The monoisotopic (exact) mass is 398 g/mol. The van der Waals surface area contributed by atoms with Gasteiger partial charge in [0.1, 0.15) is 5.82 Å². The third-order valence-corrected chi connectivity index (χ3v) is 5.65. The van der Waals surface area contributed by atoms with Gasteiger partial charge in [-0.25, -0.2) is 17.9 Å². The van der Waals surface area contributed by atoms with E-state index in [-0.39, 0.29) is 22.9 Å². The molecular formula is C17H24BFN2O5S. The van der Waals surface area contributed by atoms with Gasteiger partial charge >= 0.3 is 7.12 Å². The number of amides is 1. The Labute approximate surface area is 159 Å². The van der Waals surface area contributed by atoms with E-state index in [1.54, 1.807) is 0 Å². The van der Waals surface area contributed by atoms with E-state index in [2.05, 4.69) is 5.32 Å². The topological polar surface area (TPSA) is 108 Å². The van der Waals surface area contributed by atoms with Gasteiger partial charge in [-0.1, -0.05) is 12.1 Å². The van der Waals surface area contributed by atoms with Crippen LogP contribution in [0.15, 0.2) is 28.6 Å². The summed E-state index contributed by atoms with van der Waals surface area (Å²) in [6.07, 6.45) is 1.47. The Hall–Kier alpha value is -1.75. The zero-order valence-corrected chi connectivity index (χ0v) is 16.8. The molecule has 0 spiro atoms. The highest BCUT2D eigenvalue weighted by Crippen LogP contribution is 2.38. The Morgan fingerprint density at radius 1 is 1.26 bits per heavy atom. The number of benzene rings is 1. The van der Waals surface area contributed by atoms with E-state index in [4.69, 9.17) is 14.4 Å². The number of rotatable bonds is 5. The van der Waals surface area contributed by atoms with Gasteiger partial charge in [-0.15, -0.1) is 0 Å². The third-order valence-electron chi connectivity index (χ3n) is 4.74. The molecule has 10 heteroatoms. The molecule has 1 aliphatic rings. The van der Waals surface area contributed by atoms with Crippen LogP contribution in [0.1, 0.15) is 40.2 Å². The van der Waals surface area contributed by atoms with Crippen LogP contribution in [0.4, 0.5) is 4.39 Å². The van der Waals surface area contributed by atoms with Crippen LogP contribution in [0.5, 0.6) is 0 Å². The number of hydrogen-bond acceptors (Lipinski definition) is 5. The maximum atomic E-state index is 14.4. The molecule has 1 aromatic carbocycles. The fourth-order valence-corrected chi connectivity index (χ4v) is 2.95. The maximum Gasteiger partial charge on any atom is 0.492 e. The van der Waals surface area contributed by atoms with Crippen LogP contribution in [-0.4, -0.2) is 39.2 Å². The standard InChI is InChI=1S/C17H24BFN2O5S/c1-11(22)21-10-13(18-25-16(2,3)17(4,5)26-18)8-12-6-7-14(9-15(12)19)27(20,23)24/h6-9H,10H2,1-5H3,(H,21,22)(H2,20,23,24). The van der Waals surface area contributed by atoms with Gasteiger partial charge in [0.05, 0.1) is 16.1 Å². The third kappa shape index (κ3) is 4.95. The highest BCUT2D eigenvalue weighted by molar-refractivity contribution is 7.89. The molecule has 1 aromatic rings. The number of carbonyl (C=O) groups excluding carboxylic acids is 1. The molecule has 1 amide bonds. The van der Waals surface area contributed by atoms with Gasteiger partial charge in [-0.2, -0.15) is 0 Å². The largest absolute Gasteiger partial charge is 0.492 e. The van der Waals surface area contributed by atoms with Gasteiger partial charge in [0.25, 0.3) is 0 Å². The first-order chi connectivity index (χ1) is 12.2. The summed E-state index contributed by atoms with van der Waals surface area (Å²) in [6, 6.07) is 3.36. The van der Waals surface area contributed by atoms with Crippen molar-refractivity contribution in [2.24, 2.45) is 5.14 Å². The first kappa shape index (κ1) is 21.6. The molecule has 1 aliphatic heterocycles. The minimum Gasteiger partial charge on any atom is -0.400 e. The van der Waals surface area contributed by atoms with Gasteiger partial charge in [0.2, 0.25) is 15.9 Å². The lowest BCUT2D eigenvalue weighted by Gasteiger charge is -2.32. The van der Waals surface area contributed by atoms with Gasteiger partial charge in [-0.05, 0) is 45.3 Å². The molecule has 0 radical (unpaired) electrons. The number of hydrogen-bond donors (Lipinski definition) is 2. The van der Waals surface area contributed by atoms with Crippen molar-refractivity contribution in [3.8, 4) is 0 Å². The predicted molar refractivity (Wildman–Crippen MR) is 101 cm³/mol. The molecule has 148 valence electrons. The zero-order chi connectivity index (χ0) is 20.6. The minimum absolute atomic E-state index is 0.0859. The summed E-state index contributed by atoms with van der Waals surface area (Å²) in [7, 11) is -4.80. The fourth-order valence-electron chi connectivity index (χ4n) is 2.43. The Bertz CT molecular complexity index is 867. The van der Waals surface area contributed by atoms with E-state index in [1.165, 1.54) is 25.1 Å². The van der Waals surface area contributed by atoms with Crippen molar-refractivity contribution >= 4 is 29.1 Å². The molecule has 0 saturated carbocycles. The van der Waals surface area contributed by atoms with Crippen molar-refractivity contribution in [1.82, 2.24) is 5.32 Å². The summed E-state index contributed by atoms with van der Waals surface area (Å²) >= 11 is 0. The molecule has 0 atom stereocenters. The Morgan fingerprint density at radius 2 is 1.81 bits per heavy atom. The Kier molecular flexibility index (Phi) is 5.86. The summed E-state index contributed by atoms with van der Waals surface area (Å²) in [5.74, 6) is -1.03. The summed E-state index contributed by atoms with van der Waals surface area (Å²) in [4.78, 5) is 11.0. The molecule has 1 saturated heterocycles. The number of nitrogens with one attached hydrogen (secondary N) is 1. The van der Waals surface area contributed by atoms with E-state index in [0.29, 0.717) is 5.47 Å². The smallest absolute Gasteiger partial charge is 0.400 e. The van der Waals surface area contributed by atoms with Crippen molar-refractivity contribution < 1.29 is 26.9 Å². The molecule has 1 fully saturated rings. The summed E-state index contributed by atoms with van der Waals surface area (Å²) < 4.78 is 49.0. The summed E-state index contributed by atoms with van der Waals surface area (Å²) in [5, 5.41) is 7.67. The molecule has 0 bridgehead atoms. The first-order valence-corrected chi connectivity index (χ1v) is 9.90. The average Bonchev–Trinajstić information content (AvgIpc) is 2.71. The second-order valence-corrected chi connectivity index (χ2v) is 9.01. The molecule has 27 heavy (non-hydrogen) atoms. The summed E-state index contributed by atoms with van der Waals surface area (Å²) in [5.41, 5.74) is -0.602. The van der Waals surface area contributed by atoms with Crippen molar-refractivity contribution in [3.05, 3.63) is 35.1 Å². The number of carbonyl (C=O) groups is 1. The fraction of sp³-hybridized carbons (Fsp3) is 0.471. The predicted octanol–water partition coefficient (Wildman–Crippen LogP) is 1.62. The number of primary sulfonamides is 1. The van der Waals surface area contributed by atoms with Gasteiger partial charge < -0.3 is 14.6 Å². The molecule has 0 aromatic heterocycles. The van der Waals surface area contributed by atoms with Crippen LogP contribution >= 0.6 is 0 Å². The zero-order valence-electron chi connectivity index (χ0n) is 16.0. The highest BCUT2D eigenvalue weighted by atomic mass is 32.2. The molecule has 2 rings (SSSR count). The van der Waals surface area contributed by atoms with E-state index in [0.717, 1.165) is 6.07 Å². The van der Waals surface area contributed by atoms with Crippen LogP contribution in [0.25, 0.3) is 6.08 Å². The normalized spacial score (nSPS) is 19.2. The number of halogens is 1. The Morgan fingerprint density at radius 3 is 2.26 bits per heavy atom. The van der Waals surface area contributed by atoms with Crippen LogP contribution in [-0.2, 0) is 24.1 Å². The highest BCUT2D eigenvalue weighted by Gasteiger charge is 2.52. The lowest BCUT2D eigenvalue weighted by atomic mass is 9.77. The van der Waals surface area contributed by atoms with Crippen LogP contribution in [0.2, 0.25) is 0 Å². The van der Waals surface area contributed by atoms with Crippen molar-refractivity contribution in [2.45, 2.75) is 50.7 Å². The minimum atomic E-state index is -4.01. The second-order valence-electron chi connectivity index (χ2n) is 7.45. The molecule has 7 nitrogen and oxygen atoms in total. The van der Waals surface area contributed by atoms with E-state index < -0.39 is 34.2 Å². The molecule has 3 N–H and O–H groups in total. The lowest BCUT2D eigenvalue weighted by Crippen LogP contribution is -2.41. The summed E-state index contributed by atoms with van der Waals surface area (Å²) in [6.45, 7) is 8.97. The van der Waals surface area contributed by atoms with Gasteiger partial charge in [0.15, 0.2) is 0 Å².